The van der Waals surface area contributed by atoms with Crippen LogP contribution in [0.1, 0.15) is 39.5 Å². The Labute approximate surface area is 98.4 Å². The van der Waals surface area contributed by atoms with Crippen LogP contribution in [0.25, 0.3) is 0 Å². The van der Waals surface area contributed by atoms with Crippen LogP contribution in [0.3, 0.4) is 0 Å². The minimum atomic E-state index is -2.22. The van der Waals surface area contributed by atoms with Crippen molar-refractivity contribution in [2.75, 3.05) is 26.7 Å². The van der Waals surface area contributed by atoms with Gasteiger partial charge in [0.2, 0.25) is 0 Å². The van der Waals surface area contributed by atoms with E-state index >= 15 is 0 Å². The second kappa shape index (κ2) is 9.97. The average Bonchev–Trinajstić information content (AvgIpc) is 2.22. The fraction of sp³-hybridized carbons (Fsp3) is 1.00. The maximum Gasteiger partial charge on any atom is 0.251 e. The molecule has 0 spiro atoms. The van der Waals surface area contributed by atoms with E-state index in [0.29, 0.717) is 6.04 Å². The van der Waals surface area contributed by atoms with Crippen LogP contribution in [0.15, 0.2) is 0 Å². The van der Waals surface area contributed by atoms with Crippen molar-refractivity contribution in [1.29, 1.82) is 0 Å². The smallest absolute Gasteiger partial charge is 0.251 e. The van der Waals surface area contributed by atoms with Crippen LogP contribution in [-0.4, -0.2) is 44.0 Å². The van der Waals surface area contributed by atoms with Gasteiger partial charge in [-0.1, -0.05) is 13.8 Å². The molecular weight excluding hydrogens is 210 g/mol. The normalized spacial score (nSPS) is 13.7. The molecule has 16 heavy (non-hydrogen) atoms. The van der Waals surface area contributed by atoms with Crippen molar-refractivity contribution in [2.45, 2.75) is 52.0 Å². The van der Waals surface area contributed by atoms with Crippen LogP contribution in [-0.2, 0) is 0 Å². The zero-order valence-electron chi connectivity index (χ0n) is 10.8. The number of halogens is 2. The first-order chi connectivity index (χ1) is 7.60. The number of rotatable bonds is 10. The Bertz CT molecular complexity index is 154. The molecule has 0 bridgehead atoms. The molecule has 0 rings (SSSR count). The molecule has 1 atom stereocenters. The lowest BCUT2D eigenvalue weighted by atomic mass is 10.1. The zero-order chi connectivity index (χ0) is 12.4. The molecule has 0 heterocycles. The molecule has 0 fully saturated rings. The van der Waals surface area contributed by atoms with E-state index in [2.05, 4.69) is 19.2 Å². The quantitative estimate of drug-likeness (QED) is 0.627. The van der Waals surface area contributed by atoms with Gasteiger partial charge in [-0.05, 0) is 45.8 Å². The number of nitrogens with one attached hydrogen (secondary N) is 1. The summed E-state index contributed by atoms with van der Waals surface area (Å²) >= 11 is 0. The number of nitrogens with zero attached hydrogens (tertiary/aromatic N) is 1. The van der Waals surface area contributed by atoms with E-state index in [0.717, 1.165) is 38.8 Å². The summed E-state index contributed by atoms with van der Waals surface area (Å²) in [6.07, 6.45) is 2.09. The Morgan fingerprint density at radius 1 is 1.25 bits per heavy atom. The Morgan fingerprint density at radius 2 is 1.94 bits per heavy atom. The minimum Gasteiger partial charge on any atom is -0.314 e. The van der Waals surface area contributed by atoms with E-state index in [1.165, 1.54) is 0 Å². The summed E-state index contributed by atoms with van der Waals surface area (Å²) in [5, 5.41) is 3.47. The van der Waals surface area contributed by atoms with E-state index in [1.807, 2.05) is 0 Å². The molecule has 1 N–H and O–H groups in total. The van der Waals surface area contributed by atoms with Crippen LogP contribution in [0.2, 0.25) is 0 Å². The highest BCUT2D eigenvalue weighted by Gasteiger charge is 2.09. The fourth-order valence-electron chi connectivity index (χ4n) is 1.73. The summed E-state index contributed by atoms with van der Waals surface area (Å²) in [6, 6.07) is 0.542. The first-order valence-corrected chi connectivity index (χ1v) is 6.30. The molecule has 0 amide bonds. The third-order valence-corrected chi connectivity index (χ3v) is 2.72. The Balaban J connectivity index is 3.53. The third-order valence-electron chi connectivity index (χ3n) is 2.72. The molecule has 0 aromatic heterocycles. The van der Waals surface area contributed by atoms with E-state index < -0.39 is 6.43 Å². The van der Waals surface area contributed by atoms with Gasteiger partial charge in [0.25, 0.3) is 6.43 Å². The van der Waals surface area contributed by atoms with Gasteiger partial charge in [-0.2, -0.15) is 0 Å². The lowest BCUT2D eigenvalue weighted by Gasteiger charge is -2.19. The topological polar surface area (TPSA) is 15.3 Å². The van der Waals surface area contributed by atoms with Crippen LogP contribution in [0.4, 0.5) is 8.78 Å². The van der Waals surface area contributed by atoms with Crippen LogP contribution >= 0.6 is 0 Å². The lowest BCUT2D eigenvalue weighted by Crippen LogP contribution is -2.31. The van der Waals surface area contributed by atoms with Crippen molar-refractivity contribution in [2.24, 2.45) is 0 Å². The van der Waals surface area contributed by atoms with Crippen LogP contribution < -0.4 is 5.32 Å². The largest absolute Gasteiger partial charge is 0.314 e. The van der Waals surface area contributed by atoms with E-state index in [4.69, 9.17) is 0 Å². The van der Waals surface area contributed by atoms with Crippen molar-refractivity contribution in [3.63, 3.8) is 0 Å². The maximum atomic E-state index is 12.0. The van der Waals surface area contributed by atoms with Crippen LogP contribution in [0, 0.1) is 0 Å². The molecule has 2 nitrogen and oxygen atoms in total. The van der Waals surface area contributed by atoms with Gasteiger partial charge in [0.1, 0.15) is 0 Å². The lowest BCUT2D eigenvalue weighted by molar-refractivity contribution is 0.0992. The predicted molar refractivity (Wildman–Crippen MR) is 65.1 cm³/mol. The molecule has 0 aliphatic heterocycles. The van der Waals surface area contributed by atoms with Crippen molar-refractivity contribution >= 4 is 0 Å². The summed E-state index contributed by atoms with van der Waals surface area (Å²) in [6.45, 7) is 6.01. The second-order valence-corrected chi connectivity index (χ2v) is 4.35. The first kappa shape index (κ1) is 15.8. The highest BCUT2D eigenvalue weighted by molar-refractivity contribution is 4.65. The fourth-order valence-corrected chi connectivity index (χ4v) is 1.73. The van der Waals surface area contributed by atoms with Crippen molar-refractivity contribution in [3.8, 4) is 0 Å². The monoisotopic (exact) mass is 236 g/mol. The molecule has 0 aromatic rings. The Hall–Kier alpha value is -0.220. The average molecular weight is 236 g/mol. The van der Waals surface area contributed by atoms with Crippen molar-refractivity contribution < 1.29 is 8.78 Å². The molecule has 0 saturated carbocycles. The highest BCUT2D eigenvalue weighted by Crippen LogP contribution is 2.04. The van der Waals surface area contributed by atoms with Gasteiger partial charge in [-0.25, -0.2) is 8.78 Å². The molecule has 98 valence electrons. The summed E-state index contributed by atoms with van der Waals surface area (Å²) in [4.78, 5) is 1.71. The maximum absolute atomic E-state index is 12.0. The molecule has 0 aliphatic carbocycles. The summed E-state index contributed by atoms with van der Waals surface area (Å²) in [5.74, 6) is 0. The standard InChI is InChI=1S/C12H26F2N2/c1-4-8-15-11(5-2)7-6-9-16(3)10-12(13)14/h11-12,15H,4-10H2,1-3H3. The highest BCUT2D eigenvalue weighted by atomic mass is 19.3. The van der Waals surface area contributed by atoms with Gasteiger partial charge >= 0.3 is 0 Å². The Morgan fingerprint density at radius 3 is 2.44 bits per heavy atom. The molecule has 0 saturated heterocycles. The molecule has 0 aromatic carbocycles. The van der Waals surface area contributed by atoms with E-state index in [1.54, 1.807) is 11.9 Å². The molecule has 0 radical (unpaired) electrons. The van der Waals surface area contributed by atoms with Crippen molar-refractivity contribution in [1.82, 2.24) is 10.2 Å². The minimum absolute atomic E-state index is 0.112. The zero-order valence-corrected chi connectivity index (χ0v) is 10.8. The van der Waals surface area contributed by atoms with Gasteiger partial charge in [0.15, 0.2) is 0 Å². The summed E-state index contributed by atoms with van der Waals surface area (Å²) in [7, 11) is 1.76. The van der Waals surface area contributed by atoms with Crippen LogP contribution in [0.5, 0.6) is 0 Å². The Kier molecular flexibility index (Phi) is 9.83. The summed E-state index contributed by atoms with van der Waals surface area (Å²) < 4.78 is 24.1. The van der Waals surface area contributed by atoms with E-state index in [-0.39, 0.29) is 6.54 Å². The predicted octanol–water partition coefficient (Wildman–Crippen LogP) is 2.74. The third kappa shape index (κ3) is 9.04. The summed E-state index contributed by atoms with van der Waals surface area (Å²) in [5.41, 5.74) is 0. The molecule has 1 unspecified atom stereocenters. The molecule has 0 aliphatic rings. The number of alkyl halides is 2. The number of hydrogen-bond acceptors (Lipinski definition) is 2. The van der Waals surface area contributed by atoms with Gasteiger partial charge < -0.3 is 10.2 Å². The van der Waals surface area contributed by atoms with Gasteiger partial charge in [-0.15, -0.1) is 0 Å². The van der Waals surface area contributed by atoms with Gasteiger partial charge in [0.05, 0.1) is 6.54 Å². The molecule has 4 heteroatoms. The molecular formula is C12H26F2N2. The van der Waals surface area contributed by atoms with Gasteiger partial charge in [0, 0.05) is 6.04 Å². The van der Waals surface area contributed by atoms with Crippen molar-refractivity contribution in [3.05, 3.63) is 0 Å². The first-order valence-electron chi connectivity index (χ1n) is 6.30. The van der Waals surface area contributed by atoms with Gasteiger partial charge in [-0.3, -0.25) is 0 Å². The number of hydrogen-bond donors (Lipinski definition) is 1. The van der Waals surface area contributed by atoms with E-state index in [9.17, 15) is 8.78 Å². The SMILES string of the molecule is CCCNC(CC)CCCN(C)CC(F)F. The second-order valence-electron chi connectivity index (χ2n) is 4.35.